The van der Waals surface area contributed by atoms with Gasteiger partial charge < -0.3 is 5.73 Å². The standard InChI is InChI=1S/C14H18N8O/c1-20-9-11(8-17-20)22-14(18-13(19-22)7-12(15)23)4-3-10-5-6-16-21(10)2/h5-6,8-9H,3-4,7H2,1-2H3,(H2,15,23). The van der Waals surface area contributed by atoms with Gasteiger partial charge in [0, 0.05) is 32.4 Å². The van der Waals surface area contributed by atoms with Crippen LogP contribution in [0.3, 0.4) is 0 Å². The zero-order valence-electron chi connectivity index (χ0n) is 13.0. The molecule has 0 radical (unpaired) electrons. The Morgan fingerprint density at radius 1 is 1.26 bits per heavy atom. The highest BCUT2D eigenvalue weighted by molar-refractivity contribution is 5.75. The summed E-state index contributed by atoms with van der Waals surface area (Å²) in [5.74, 6) is 0.725. The zero-order chi connectivity index (χ0) is 16.4. The molecule has 3 aromatic heterocycles. The van der Waals surface area contributed by atoms with Gasteiger partial charge in [0.1, 0.15) is 11.5 Å². The molecule has 0 bridgehead atoms. The Morgan fingerprint density at radius 2 is 2.09 bits per heavy atom. The molecule has 120 valence electrons. The van der Waals surface area contributed by atoms with Gasteiger partial charge in [0.15, 0.2) is 5.82 Å². The quantitative estimate of drug-likeness (QED) is 0.662. The Morgan fingerprint density at radius 3 is 2.70 bits per heavy atom. The molecule has 3 rings (SSSR count). The Bertz CT molecular complexity index is 828. The van der Waals surface area contributed by atoms with Crippen LogP contribution < -0.4 is 5.73 Å². The molecule has 0 fully saturated rings. The summed E-state index contributed by atoms with van der Waals surface area (Å²) in [7, 11) is 3.74. The molecule has 23 heavy (non-hydrogen) atoms. The van der Waals surface area contributed by atoms with Crippen LogP contribution in [0.1, 0.15) is 17.3 Å². The predicted molar refractivity (Wildman–Crippen MR) is 81.6 cm³/mol. The predicted octanol–water partition coefficient (Wildman–Crippen LogP) is -0.453. The van der Waals surface area contributed by atoms with Crippen LogP contribution in [-0.4, -0.2) is 40.2 Å². The lowest BCUT2D eigenvalue weighted by Crippen LogP contribution is -2.14. The summed E-state index contributed by atoms with van der Waals surface area (Å²) in [6.07, 6.45) is 6.77. The van der Waals surface area contributed by atoms with Crippen LogP contribution >= 0.6 is 0 Å². The Labute approximate surface area is 132 Å². The summed E-state index contributed by atoms with van der Waals surface area (Å²) in [5, 5.41) is 12.7. The smallest absolute Gasteiger partial charge is 0.225 e. The third-order valence-corrected chi connectivity index (χ3v) is 3.51. The minimum absolute atomic E-state index is 0.0198. The van der Waals surface area contributed by atoms with Crippen molar-refractivity contribution in [1.29, 1.82) is 0 Å². The highest BCUT2D eigenvalue weighted by Crippen LogP contribution is 2.12. The fourth-order valence-electron chi connectivity index (χ4n) is 2.40. The number of aryl methyl sites for hydroxylation is 4. The highest BCUT2D eigenvalue weighted by Gasteiger charge is 2.15. The van der Waals surface area contributed by atoms with Crippen molar-refractivity contribution in [2.75, 3.05) is 0 Å². The van der Waals surface area contributed by atoms with Gasteiger partial charge in [0.05, 0.1) is 18.8 Å². The van der Waals surface area contributed by atoms with Gasteiger partial charge in [-0.3, -0.25) is 14.2 Å². The normalized spacial score (nSPS) is 11.0. The van der Waals surface area contributed by atoms with E-state index < -0.39 is 5.91 Å². The molecule has 0 aliphatic heterocycles. The average molecular weight is 314 g/mol. The van der Waals surface area contributed by atoms with Crippen LogP contribution in [0.25, 0.3) is 5.69 Å². The van der Waals surface area contributed by atoms with Crippen molar-refractivity contribution in [3.05, 3.63) is 42.0 Å². The molecule has 0 saturated heterocycles. The number of carbonyl (C=O) groups excluding carboxylic acids is 1. The second-order valence-electron chi connectivity index (χ2n) is 5.32. The molecule has 0 unspecified atom stereocenters. The molecule has 9 heteroatoms. The fraction of sp³-hybridized carbons (Fsp3) is 0.357. The van der Waals surface area contributed by atoms with Gasteiger partial charge >= 0.3 is 0 Å². The van der Waals surface area contributed by atoms with E-state index in [1.54, 1.807) is 21.8 Å². The Kier molecular flexibility index (Phi) is 3.92. The van der Waals surface area contributed by atoms with Crippen LogP contribution in [0.2, 0.25) is 0 Å². The minimum atomic E-state index is -0.452. The van der Waals surface area contributed by atoms with E-state index in [0.29, 0.717) is 12.2 Å². The van der Waals surface area contributed by atoms with Crippen LogP contribution in [0.15, 0.2) is 24.7 Å². The molecule has 0 spiro atoms. The van der Waals surface area contributed by atoms with E-state index in [1.165, 1.54) is 0 Å². The summed E-state index contributed by atoms with van der Waals surface area (Å²) in [4.78, 5) is 15.6. The van der Waals surface area contributed by atoms with Crippen LogP contribution in [0.4, 0.5) is 0 Å². The van der Waals surface area contributed by atoms with Crippen LogP contribution in [-0.2, 0) is 38.2 Å². The highest BCUT2D eigenvalue weighted by atomic mass is 16.1. The molecule has 0 aliphatic carbocycles. The van der Waals surface area contributed by atoms with E-state index in [9.17, 15) is 4.79 Å². The summed E-state index contributed by atoms with van der Waals surface area (Å²) in [5.41, 5.74) is 7.14. The summed E-state index contributed by atoms with van der Waals surface area (Å²) in [6, 6.07) is 1.97. The minimum Gasteiger partial charge on any atom is -0.369 e. The van der Waals surface area contributed by atoms with Crippen molar-refractivity contribution in [3.8, 4) is 5.69 Å². The molecule has 0 aromatic carbocycles. The maximum Gasteiger partial charge on any atom is 0.225 e. The monoisotopic (exact) mass is 314 g/mol. The third kappa shape index (κ3) is 3.28. The number of carbonyl (C=O) groups is 1. The molecule has 0 aliphatic rings. The van der Waals surface area contributed by atoms with Crippen LogP contribution in [0, 0.1) is 0 Å². The lowest BCUT2D eigenvalue weighted by molar-refractivity contribution is -0.117. The molecule has 1 amide bonds. The first-order valence-corrected chi connectivity index (χ1v) is 7.22. The number of nitrogens with two attached hydrogens (primary N) is 1. The lowest BCUT2D eigenvalue weighted by Gasteiger charge is -2.03. The van der Waals surface area contributed by atoms with Crippen molar-refractivity contribution in [2.45, 2.75) is 19.3 Å². The van der Waals surface area contributed by atoms with Crippen LogP contribution in [0.5, 0.6) is 0 Å². The maximum absolute atomic E-state index is 11.1. The molecular formula is C14H18N8O. The van der Waals surface area contributed by atoms with Crippen molar-refractivity contribution in [3.63, 3.8) is 0 Å². The molecule has 2 N–H and O–H groups in total. The molecule has 0 saturated carbocycles. The molecular weight excluding hydrogens is 296 g/mol. The molecule has 3 heterocycles. The number of primary amides is 1. The Hall–Kier alpha value is -2.97. The van der Waals surface area contributed by atoms with E-state index in [1.807, 2.05) is 31.0 Å². The third-order valence-electron chi connectivity index (χ3n) is 3.51. The number of rotatable bonds is 6. The second-order valence-corrected chi connectivity index (χ2v) is 5.32. The van der Waals surface area contributed by atoms with Gasteiger partial charge in [-0.2, -0.15) is 15.3 Å². The van der Waals surface area contributed by atoms with Gasteiger partial charge in [0.25, 0.3) is 0 Å². The van der Waals surface area contributed by atoms with Gasteiger partial charge in [0.2, 0.25) is 5.91 Å². The van der Waals surface area contributed by atoms with Crippen molar-refractivity contribution < 1.29 is 4.79 Å². The number of hydrogen-bond donors (Lipinski definition) is 1. The van der Waals surface area contributed by atoms with E-state index in [-0.39, 0.29) is 6.42 Å². The first-order chi connectivity index (χ1) is 11.0. The molecule has 0 atom stereocenters. The number of hydrogen-bond acceptors (Lipinski definition) is 5. The average Bonchev–Trinajstić information content (AvgIpc) is 3.17. The van der Waals surface area contributed by atoms with E-state index in [0.717, 1.165) is 23.6 Å². The van der Waals surface area contributed by atoms with Crippen molar-refractivity contribution in [2.24, 2.45) is 19.8 Å². The van der Waals surface area contributed by atoms with E-state index in [4.69, 9.17) is 5.73 Å². The number of nitrogens with zero attached hydrogens (tertiary/aromatic N) is 7. The van der Waals surface area contributed by atoms with Gasteiger partial charge in [-0.05, 0) is 12.5 Å². The lowest BCUT2D eigenvalue weighted by atomic mass is 10.2. The maximum atomic E-state index is 11.1. The summed E-state index contributed by atoms with van der Waals surface area (Å²) >= 11 is 0. The second kappa shape index (κ2) is 6.03. The van der Waals surface area contributed by atoms with Gasteiger partial charge in [-0.15, -0.1) is 0 Å². The van der Waals surface area contributed by atoms with E-state index in [2.05, 4.69) is 20.3 Å². The Balaban J connectivity index is 1.88. The molecule has 9 nitrogen and oxygen atoms in total. The summed E-state index contributed by atoms with van der Waals surface area (Å²) in [6.45, 7) is 0. The van der Waals surface area contributed by atoms with E-state index >= 15 is 0 Å². The zero-order valence-corrected chi connectivity index (χ0v) is 13.0. The fourth-order valence-corrected chi connectivity index (χ4v) is 2.40. The first-order valence-electron chi connectivity index (χ1n) is 7.22. The SMILES string of the molecule is Cn1cc(-n2nc(CC(N)=O)nc2CCc2ccnn2C)cn1. The first kappa shape index (κ1) is 14.9. The summed E-state index contributed by atoms with van der Waals surface area (Å²) < 4.78 is 5.23. The van der Waals surface area contributed by atoms with Crippen molar-refractivity contribution in [1.82, 2.24) is 34.3 Å². The molecule has 3 aromatic rings. The topological polar surface area (TPSA) is 109 Å². The number of aromatic nitrogens is 7. The number of amides is 1. The van der Waals surface area contributed by atoms with Crippen molar-refractivity contribution >= 4 is 5.91 Å². The van der Waals surface area contributed by atoms with Gasteiger partial charge in [-0.25, -0.2) is 9.67 Å². The largest absolute Gasteiger partial charge is 0.369 e. The van der Waals surface area contributed by atoms with Gasteiger partial charge in [-0.1, -0.05) is 0 Å².